The highest BCUT2D eigenvalue weighted by atomic mass is 16.5. The Morgan fingerprint density at radius 1 is 0.964 bits per heavy atom. The number of methoxy groups -OCH3 is 1. The molecule has 1 amide bonds. The van der Waals surface area contributed by atoms with Crippen molar-refractivity contribution < 1.29 is 14.3 Å². The van der Waals surface area contributed by atoms with Crippen molar-refractivity contribution in [2.24, 2.45) is 0 Å². The first-order valence-corrected chi connectivity index (χ1v) is 9.40. The van der Waals surface area contributed by atoms with E-state index in [-0.39, 0.29) is 12.0 Å². The average Bonchev–Trinajstić information content (AvgIpc) is 2.73. The molecule has 3 aromatic carbocycles. The minimum atomic E-state index is -0.407. The summed E-state index contributed by atoms with van der Waals surface area (Å²) in [6.45, 7) is 2.45. The fraction of sp³-hybridized carbons (Fsp3) is 0.208. The van der Waals surface area contributed by atoms with Gasteiger partial charge >= 0.3 is 0 Å². The van der Waals surface area contributed by atoms with Crippen molar-refractivity contribution in [3.8, 4) is 11.5 Å². The van der Waals surface area contributed by atoms with E-state index < -0.39 is 5.92 Å². The molecule has 1 aliphatic heterocycles. The predicted octanol–water partition coefficient (Wildman–Crippen LogP) is 4.74. The largest absolute Gasteiger partial charge is 0.457 e. The van der Waals surface area contributed by atoms with Gasteiger partial charge in [0.25, 0.3) is 0 Å². The molecule has 4 nitrogen and oxygen atoms in total. The summed E-state index contributed by atoms with van der Waals surface area (Å²) in [6.07, 6.45) is -0.199. The van der Waals surface area contributed by atoms with E-state index in [4.69, 9.17) is 9.47 Å². The molecule has 4 heteroatoms. The van der Waals surface area contributed by atoms with E-state index in [0.717, 1.165) is 33.8 Å². The van der Waals surface area contributed by atoms with Gasteiger partial charge in [0.05, 0.1) is 12.0 Å². The first-order chi connectivity index (χ1) is 13.7. The minimum absolute atomic E-state index is 0.0566. The lowest BCUT2D eigenvalue weighted by atomic mass is 9.87. The highest BCUT2D eigenvalue weighted by Gasteiger charge is 2.32. The Kier molecular flexibility index (Phi) is 5.13. The van der Waals surface area contributed by atoms with Crippen molar-refractivity contribution in [3.05, 3.63) is 95.1 Å². The van der Waals surface area contributed by atoms with E-state index in [1.165, 1.54) is 0 Å². The third kappa shape index (κ3) is 3.39. The van der Waals surface area contributed by atoms with Crippen LogP contribution in [0.5, 0.6) is 11.5 Å². The Morgan fingerprint density at radius 3 is 2.14 bits per heavy atom. The Labute approximate surface area is 165 Å². The first kappa shape index (κ1) is 18.3. The van der Waals surface area contributed by atoms with Crippen LogP contribution in [0.3, 0.4) is 0 Å². The maximum Gasteiger partial charge on any atom is 0.232 e. The predicted molar refractivity (Wildman–Crippen MR) is 109 cm³/mol. The quantitative estimate of drug-likeness (QED) is 0.703. The van der Waals surface area contributed by atoms with E-state index >= 15 is 0 Å². The zero-order chi connectivity index (χ0) is 19.5. The summed E-state index contributed by atoms with van der Waals surface area (Å²) in [4.78, 5) is 13.2. The van der Waals surface area contributed by atoms with Crippen LogP contribution in [-0.2, 0) is 9.53 Å². The Bertz CT molecular complexity index is 953. The number of rotatable bonds is 5. The van der Waals surface area contributed by atoms with Gasteiger partial charge in [-0.3, -0.25) is 4.79 Å². The third-order valence-corrected chi connectivity index (χ3v) is 5.22. The molecule has 1 aliphatic rings. The van der Waals surface area contributed by atoms with E-state index in [0.29, 0.717) is 6.54 Å². The average molecular weight is 373 g/mol. The van der Waals surface area contributed by atoms with Crippen molar-refractivity contribution in [2.45, 2.75) is 18.9 Å². The molecule has 0 aliphatic carbocycles. The van der Waals surface area contributed by atoms with Gasteiger partial charge < -0.3 is 14.8 Å². The molecule has 142 valence electrons. The van der Waals surface area contributed by atoms with Gasteiger partial charge in [-0.1, -0.05) is 60.7 Å². The van der Waals surface area contributed by atoms with Gasteiger partial charge in [-0.25, -0.2) is 0 Å². The Balaban J connectivity index is 1.59. The molecule has 0 saturated heterocycles. The number of aryl methyl sites for hydroxylation is 1. The molecule has 0 unspecified atom stereocenters. The highest BCUT2D eigenvalue weighted by Crippen LogP contribution is 2.43. The number of hydrogen-bond donors (Lipinski definition) is 1. The van der Waals surface area contributed by atoms with E-state index in [1.807, 2.05) is 79.7 Å². The third-order valence-electron chi connectivity index (χ3n) is 5.22. The number of ether oxygens (including phenoxy) is 2. The minimum Gasteiger partial charge on any atom is -0.457 e. The SMILES string of the molecule is CO[C@@H](CNC(=O)C1c2ccccc2Oc2ccccc21)c1ccccc1C. The van der Waals surface area contributed by atoms with Crippen LogP contribution in [0.25, 0.3) is 0 Å². The zero-order valence-corrected chi connectivity index (χ0v) is 16.0. The first-order valence-electron chi connectivity index (χ1n) is 9.40. The summed E-state index contributed by atoms with van der Waals surface area (Å²) >= 11 is 0. The molecule has 1 N–H and O–H groups in total. The normalized spacial score (nSPS) is 13.8. The second-order valence-corrected chi connectivity index (χ2v) is 6.94. The van der Waals surface area contributed by atoms with Crippen LogP contribution in [0.15, 0.2) is 72.8 Å². The molecule has 0 aromatic heterocycles. The zero-order valence-electron chi connectivity index (χ0n) is 16.0. The summed E-state index contributed by atoms with van der Waals surface area (Å²) in [5.41, 5.74) is 3.98. The molecule has 3 aromatic rings. The molecule has 0 bridgehead atoms. The number of fused-ring (bicyclic) bond motifs is 2. The molecule has 0 spiro atoms. The lowest BCUT2D eigenvalue weighted by Crippen LogP contribution is -2.35. The van der Waals surface area contributed by atoms with Gasteiger partial charge in [0.1, 0.15) is 11.5 Å². The van der Waals surface area contributed by atoms with Gasteiger partial charge in [0.15, 0.2) is 0 Å². The number of para-hydroxylation sites is 2. The van der Waals surface area contributed by atoms with Gasteiger partial charge in [-0.05, 0) is 30.2 Å². The fourth-order valence-corrected chi connectivity index (χ4v) is 3.76. The second-order valence-electron chi connectivity index (χ2n) is 6.94. The highest BCUT2D eigenvalue weighted by molar-refractivity contribution is 5.89. The number of benzene rings is 3. The smallest absolute Gasteiger partial charge is 0.232 e. The Morgan fingerprint density at radius 2 is 1.54 bits per heavy atom. The maximum atomic E-state index is 13.2. The standard InChI is InChI=1S/C24H23NO3/c1-16-9-3-4-10-17(16)22(27-2)15-25-24(26)23-18-11-5-7-13-20(18)28-21-14-8-6-12-19(21)23/h3-14,22-23H,15H2,1-2H3,(H,25,26)/t22-/m0/s1. The van der Waals surface area contributed by atoms with Crippen LogP contribution in [0.4, 0.5) is 0 Å². The van der Waals surface area contributed by atoms with Crippen LogP contribution in [0, 0.1) is 6.92 Å². The van der Waals surface area contributed by atoms with Crippen LogP contribution in [-0.4, -0.2) is 19.6 Å². The van der Waals surface area contributed by atoms with Crippen molar-refractivity contribution in [3.63, 3.8) is 0 Å². The van der Waals surface area contributed by atoms with Crippen LogP contribution in [0.2, 0.25) is 0 Å². The summed E-state index contributed by atoms with van der Waals surface area (Å²) < 4.78 is 11.6. The van der Waals surface area contributed by atoms with E-state index in [1.54, 1.807) is 7.11 Å². The molecule has 1 atom stereocenters. The molecular formula is C24H23NO3. The lowest BCUT2D eigenvalue weighted by Gasteiger charge is -2.28. The van der Waals surface area contributed by atoms with E-state index in [2.05, 4.69) is 5.32 Å². The number of carbonyl (C=O) groups is 1. The number of amides is 1. The van der Waals surface area contributed by atoms with Gasteiger partial charge in [0.2, 0.25) is 5.91 Å². The topological polar surface area (TPSA) is 47.6 Å². The van der Waals surface area contributed by atoms with Crippen molar-refractivity contribution >= 4 is 5.91 Å². The van der Waals surface area contributed by atoms with Crippen molar-refractivity contribution in [1.82, 2.24) is 5.32 Å². The van der Waals surface area contributed by atoms with Crippen LogP contribution >= 0.6 is 0 Å². The number of carbonyl (C=O) groups excluding carboxylic acids is 1. The van der Waals surface area contributed by atoms with Crippen LogP contribution in [0.1, 0.15) is 34.3 Å². The Hall–Kier alpha value is -3.11. The maximum absolute atomic E-state index is 13.2. The van der Waals surface area contributed by atoms with Crippen molar-refractivity contribution in [2.75, 3.05) is 13.7 Å². The molecule has 4 rings (SSSR count). The van der Waals surface area contributed by atoms with Gasteiger partial charge in [0, 0.05) is 24.8 Å². The fourth-order valence-electron chi connectivity index (χ4n) is 3.76. The molecule has 28 heavy (non-hydrogen) atoms. The van der Waals surface area contributed by atoms with E-state index in [9.17, 15) is 4.79 Å². The monoisotopic (exact) mass is 373 g/mol. The molecule has 0 fully saturated rings. The molecule has 0 saturated carbocycles. The summed E-state index contributed by atoms with van der Waals surface area (Å²) in [5, 5.41) is 3.09. The molecular weight excluding hydrogens is 350 g/mol. The van der Waals surface area contributed by atoms with Gasteiger partial charge in [-0.15, -0.1) is 0 Å². The molecule has 0 radical (unpaired) electrons. The summed E-state index contributed by atoms with van der Waals surface area (Å²) in [5.74, 6) is 0.987. The number of nitrogens with one attached hydrogen (secondary N) is 1. The second kappa shape index (κ2) is 7.87. The molecule has 1 heterocycles. The lowest BCUT2D eigenvalue weighted by molar-refractivity contribution is -0.122. The summed E-state index contributed by atoms with van der Waals surface area (Å²) in [6, 6.07) is 23.5. The summed E-state index contributed by atoms with van der Waals surface area (Å²) in [7, 11) is 1.67. The van der Waals surface area contributed by atoms with Crippen molar-refractivity contribution in [1.29, 1.82) is 0 Å². The van der Waals surface area contributed by atoms with Crippen LogP contribution < -0.4 is 10.1 Å². The van der Waals surface area contributed by atoms with Gasteiger partial charge in [-0.2, -0.15) is 0 Å². The number of hydrogen-bond acceptors (Lipinski definition) is 3.